The SMILES string of the molecule is CC(C)[C@@H](C(=O)N1CCc2ccccc21)c1ccc(Cl)cc1. The van der Waals surface area contributed by atoms with Gasteiger partial charge in [-0.15, -0.1) is 0 Å². The lowest BCUT2D eigenvalue weighted by Gasteiger charge is -2.27. The molecule has 2 aromatic rings. The number of benzene rings is 2. The van der Waals surface area contributed by atoms with Gasteiger partial charge >= 0.3 is 0 Å². The van der Waals surface area contributed by atoms with Crippen LogP contribution in [0, 0.1) is 5.92 Å². The van der Waals surface area contributed by atoms with Gasteiger partial charge in [-0.3, -0.25) is 4.79 Å². The zero-order chi connectivity index (χ0) is 15.7. The molecule has 3 rings (SSSR count). The minimum Gasteiger partial charge on any atom is -0.311 e. The summed E-state index contributed by atoms with van der Waals surface area (Å²) in [6.45, 7) is 4.97. The second-order valence-corrected chi connectivity index (χ2v) is 6.58. The molecule has 1 aliphatic rings. The molecule has 1 heterocycles. The molecule has 3 heteroatoms. The van der Waals surface area contributed by atoms with Gasteiger partial charge in [0.25, 0.3) is 0 Å². The van der Waals surface area contributed by atoms with Crippen LogP contribution >= 0.6 is 11.6 Å². The number of hydrogen-bond donors (Lipinski definition) is 0. The lowest BCUT2D eigenvalue weighted by molar-refractivity contribution is -0.120. The molecule has 0 saturated heterocycles. The minimum absolute atomic E-state index is 0.136. The van der Waals surface area contributed by atoms with Crippen LogP contribution in [0.1, 0.15) is 30.9 Å². The molecular formula is C19H20ClNO. The number of hydrogen-bond acceptors (Lipinski definition) is 1. The van der Waals surface area contributed by atoms with E-state index in [1.165, 1.54) is 5.56 Å². The zero-order valence-electron chi connectivity index (χ0n) is 12.9. The van der Waals surface area contributed by atoms with E-state index < -0.39 is 0 Å². The monoisotopic (exact) mass is 313 g/mol. The molecule has 0 spiro atoms. The third-order valence-corrected chi connectivity index (χ3v) is 4.57. The topological polar surface area (TPSA) is 20.3 Å². The molecule has 2 nitrogen and oxygen atoms in total. The Labute approximate surface area is 136 Å². The van der Waals surface area contributed by atoms with Crippen LogP contribution in [0.3, 0.4) is 0 Å². The summed E-state index contributed by atoms with van der Waals surface area (Å²) in [5, 5.41) is 0.699. The number of rotatable bonds is 3. The maximum atomic E-state index is 13.1. The lowest BCUT2D eigenvalue weighted by atomic mass is 9.87. The molecule has 2 aromatic carbocycles. The number of para-hydroxylation sites is 1. The molecule has 0 bridgehead atoms. The van der Waals surface area contributed by atoms with Crippen LogP contribution in [-0.2, 0) is 11.2 Å². The average Bonchev–Trinajstić information content (AvgIpc) is 2.93. The first-order valence-corrected chi connectivity index (χ1v) is 8.10. The van der Waals surface area contributed by atoms with Crippen LogP contribution in [0.4, 0.5) is 5.69 Å². The van der Waals surface area contributed by atoms with Gasteiger partial charge in [0.15, 0.2) is 0 Å². The molecule has 22 heavy (non-hydrogen) atoms. The Balaban J connectivity index is 1.93. The van der Waals surface area contributed by atoms with E-state index in [1.807, 2.05) is 47.4 Å². The molecule has 0 unspecified atom stereocenters. The minimum atomic E-state index is -0.136. The number of carbonyl (C=O) groups excluding carboxylic acids is 1. The van der Waals surface area contributed by atoms with E-state index in [0.717, 1.165) is 24.2 Å². The molecule has 0 aromatic heterocycles. The highest BCUT2D eigenvalue weighted by Gasteiger charge is 2.32. The molecular weight excluding hydrogens is 294 g/mol. The summed E-state index contributed by atoms with van der Waals surface area (Å²) < 4.78 is 0. The van der Waals surface area contributed by atoms with Crippen LogP contribution in [0.15, 0.2) is 48.5 Å². The van der Waals surface area contributed by atoms with Gasteiger partial charge in [0.05, 0.1) is 5.92 Å². The van der Waals surface area contributed by atoms with Crippen LogP contribution in [-0.4, -0.2) is 12.5 Å². The van der Waals surface area contributed by atoms with Crippen molar-refractivity contribution >= 4 is 23.2 Å². The summed E-state index contributed by atoms with van der Waals surface area (Å²) in [6, 6.07) is 15.8. The van der Waals surface area contributed by atoms with Gasteiger partial charge in [-0.1, -0.05) is 55.8 Å². The highest BCUT2D eigenvalue weighted by atomic mass is 35.5. The number of anilines is 1. The van der Waals surface area contributed by atoms with Crippen LogP contribution in [0.2, 0.25) is 5.02 Å². The second kappa shape index (κ2) is 6.13. The van der Waals surface area contributed by atoms with Crippen molar-refractivity contribution in [1.29, 1.82) is 0 Å². The van der Waals surface area contributed by atoms with Gasteiger partial charge in [-0.25, -0.2) is 0 Å². The standard InChI is InChI=1S/C19H20ClNO/c1-13(2)18(15-7-9-16(20)10-8-15)19(22)21-12-11-14-5-3-4-6-17(14)21/h3-10,13,18H,11-12H2,1-2H3/t18-/m1/s1. The van der Waals surface area contributed by atoms with Crippen molar-refractivity contribution in [2.24, 2.45) is 5.92 Å². The smallest absolute Gasteiger partial charge is 0.234 e. The highest BCUT2D eigenvalue weighted by molar-refractivity contribution is 6.30. The third-order valence-electron chi connectivity index (χ3n) is 4.32. The van der Waals surface area contributed by atoms with Crippen LogP contribution < -0.4 is 4.90 Å². The Hall–Kier alpha value is -1.80. The number of halogens is 1. The van der Waals surface area contributed by atoms with Gasteiger partial charge < -0.3 is 4.90 Å². The van der Waals surface area contributed by atoms with E-state index in [4.69, 9.17) is 11.6 Å². The number of carbonyl (C=O) groups is 1. The molecule has 1 aliphatic heterocycles. The first-order chi connectivity index (χ1) is 10.6. The van der Waals surface area contributed by atoms with Crippen molar-refractivity contribution in [3.63, 3.8) is 0 Å². The lowest BCUT2D eigenvalue weighted by Crippen LogP contribution is -2.35. The van der Waals surface area contributed by atoms with Crippen molar-refractivity contribution in [1.82, 2.24) is 0 Å². The first kappa shape index (κ1) is 15.1. The molecule has 0 aliphatic carbocycles. The average molecular weight is 314 g/mol. The molecule has 0 saturated carbocycles. The molecule has 0 fully saturated rings. The maximum absolute atomic E-state index is 13.1. The molecule has 114 valence electrons. The summed E-state index contributed by atoms with van der Waals surface area (Å²) in [5.74, 6) is 0.284. The molecule has 1 amide bonds. The predicted molar refractivity (Wildman–Crippen MR) is 91.5 cm³/mol. The normalized spacial score (nSPS) is 15.0. The maximum Gasteiger partial charge on any atom is 0.234 e. The highest BCUT2D eigenvalue weighted by Crippen LogP contribution is 2.34. The van der Waals surface area contributed by atoms with Gasteiger partial charge in [-0.05, 0) is 41.7 Å². The Kier molecular flexibility index (Phi) is 4.21. The summed E-state index contributed by atoms with van der Waals surface area (Å²) in [4.78, 5) is 15.1. The van der Waals surface area contributed by atoms with Crippen molar-refractivity contribution in [2.45, 2.75) is 26.2 Å². The van der Waals surface area contributed by atoms with E-state index in [1.54, 1.807) is 0 Å². The predicted octanol–water partition coefficient (Wildman–Crippen LogP) is 4.67. The summed E-state index contributed by atoms with van der Waals surface area (Å²) in [6.07, 6.45) is 0.938. The van der Waals surface area contributed by atoms with Gasteiger partial charge in [0.1, 0.15) is 0 Å². The van der Waals surface area contributed by atoms with Crippen molar-refractivity contribution in [3.05, 3.63) is 64.7 Å². The number of nitrogens with zero attached hydrogens (tertiary/aromatic N) is 1. The van der Waals surface area contributed by atoms with E-state index in [0.29, 0.717) is 5.02 Å². The van der Waals surface area contributed by atoms with Crippen LogP contribution in [0.25, 0.3) is 0 Å². The zero-order valence-corrected chi connectivity index (χ0v) is 13.7. The fraction of sp³-hybridized carbons (Fsp3) is 0.316. The van der Waals surface area contributed by atoms with Crippen molar-refractivity contribution in [2.75, 3.05) is 11.4 Å². The second-order valence-electron chi connectivity index (χ2n) is 6.14. The van der Waals surface area contributed by atoms with E-state index in [2.05, 4.69) is 19.9 Å². The Morgan fingerprint density at radius 3 is 2.45 bits per heavy atom. The van der Waals surface area contributed by atoms with E-state index in [9.17, 15) is 4.79 Å². The summed E-state index contributed by atoms with van der Waals surface area (Å²) in [5.41, 5.74) is 3.36. The van der Waals surface area contributed by atoms with E-state index in [-0.39, 0.29) is 17.7 Å². The van der Waals surface area contributed by atoms with Gasteiger partial charge in [0, 0.05) is 17.3 Å². The third kappa shape index (κ3) is 2.76. The van der Waals surface area contributed by atoms with Gasteiger partial charge in [-0.2, -0.15) is 0 Å². The first-order valence-electron chi connectivity index (χ1n) is 7.72. The van der Waals surface area contributed by atoms with Crippen molar-refractivity contribution in [3.8, 4) is 0 Å². The van der Waals surface area contributed by atoms with E-state index >= 15 is 0 Å². The quantitative estimate of drug-likeness (QED) is 0.806. The fourth-order valence-corrected chi connectivity index (χ4v) is 3.34. The molecule has 0 radical (unpaired) electrons. The van der Waals surface area contributed by atoms with Gasteiger partial charge in [0.2, 0.25) is 5.91 Å². The molecule has 0 N–H and O–H groups in total. The Morgan fingerprint density at radius 1 is 1.09 bits per heavy atom. The molecule has 1 atom stereocenters. The van der Waals surface area contributed by atoms with Crippen LogP contribution in [0.5, 0.6) is 0 Å². The fourth-order valence-electron chi connectivity index (χ4n) is 3.22. The Morgan fingerprint density at radius 2 is 1.77 bits per heavy atom. The largest absolute Gasteiger partial charge is 0.311 e. The number of amides is 1. The summed E-state index contributed by atoms with van der Waals surface area (Å²) >= 11 is 5.97. The number of fused-ring (bicyclic) bond motifs is 1. The summed E-state index contributed by atoms with van der Waals surface area (Å²) in [7, 11) is 0. The van der Waals surface area contributed by atoms with Crippen molar-refractivity contribution < 1.29 is 4.79 Å². The Bertz CT molecular complexity index is 678.